The van der Waals surface area contributed by atoms with Gasteiger partial charge >= 0.3 is 0 Å². The van der Waals surface area contributed by atoms with Crippen LogP contribution < -0.4 is 0 Å². The number of hydrogen-bond acceptors (Lipinski definition) is 0. The van der Waals surface area contributed by atoms with Crippen LogP contribution in [-0.2, 0) is 77.9 Å². The maximum Gasteiger partial charge on any atom is 0 e. The number of hydrogen-bond donors (Lipinski definition) is 0. The van der Waals surface area contributed by atoms with Gasteiger partial charge in [-0.3, -0.25) is 0 Å². The van der Waals surface area contributed by atoms with Gasteiger partial charge in [0.2, 0.25) is 0 Å². The van der Waals surface area contributed by atoms with Crippen molar-refractivity contribution in [1.82, 2.24) is 0 Å². The van der Waals surface area contributed by atoms with Crippen molar-refractivity contribution < 1.29 is 77.9 Å². The smallest absolute Gasteiger partial charge is 0 e. The molecule has 0 unspecified atom stereocenters. The second-order valence-electron chi connectivity index (χ2n) is 12.5. The Labute approximate surface area is 423 Å². The molecular weight excluding hydrogens is 1400 g/mol. The van der Waals surface area contributed by atoms with Crippen molar-refractivity contribution in [1.29, 1.82) is 0 Å². The molecule has 0 heterocycles. The Hall–Kier alpha value is 5.65. The molecule has 4 fully saturated rings. The fourth-order valence-electron chi connectivity index (χ4n) is 5.62. The Bertz CT molecular complexity index is 449. The average Bonchev–Trinajstić information content (AvgIpc) is 3.37. The van der Waals surface area contributed by atoms with Gasteiger partial charge in [0.1, 0.15) is 0 Å². The quantitative estimate of drug-likeness (QED) is 0.212. The predicted molar refractivity (Wildman–Crippen MR) is 201 cm³/mol. The van der Waals surface area contributed by atoms with E-state index in [4.69, 9.17) is 0 Å². The largest absolute Gasteiger partial charge is 0.0579 e. The van der Waals surface area contributed by atoms with Crippen LogP contribution in [0.2, 0.25) is 0 Å². The normalized spacial score (nSPS) is 23.8. The molecule has 0 bridgehead atoms. The molecule has 0 nitrogen and oxygen atoms in total. The molecule has 0 spiro atoms. The maximum absolute atomic E-state index is 2.20. The van der Waals surface area contributed by atoms with Crippen LogP contribution in [0.3, 0.4) is 0 Å². The van der Waals surface area contributed by atoms with Gasteiger partial charge in [0, 0.05) is 173 Å². The van der Waals surface area contributed by atoms with Crippen molar-refractivity contribution in [2.45, 2.75) is 138 Å². The zero-order valence-electron chi connectivity index (χ0n) is 33.0. The summed E-state index contributed by atoms with van der Waals surface area (Å²) in [5.74, 6) is 29.4. The Kier molecular flexibility index (Phi) is 48.5. The summed E-state index contributed by atoms with van der Waals surface area (Å²) < 4.78 is 0. The molecule has 32 radical (unpaired) electrons. The van der Waals surface area contributed by atoms with Crippen molar-refractivity contribution in [3.05, 3.63) is 118 Å². The van der Waals surface area contributed by atoms with Crippen LogP contribution in [0.25, 0.3) is 0 Å². The van der Waals surface area contributed by atoms with Gasteiger partial charge in [0.05, 0.1) is 0 Å². The van der Waals surface area contributed by atoms with Crippen molar-refractivity contribution in [3.8, 4) is 0 Å². The zero-order chi connectivity index (χ0) is 31.5. The Morgan fingerprint density at radius 2 is 0.146 bits per heavy atom. The van der Waals surface area contributed by atoms with Crippen LogP contribution in [0.5, 0.6) is 0 Å². The zero-order valence-corrected chi connectivity index (χ0v) is 48.8. The first-order chi connectivity index (χ1) is 18.2. The maximum atomic E-state index is 2.20. The molecular formula is C40H60Rh4Te4. The van der Waals surface area contributed by atoms with E-state index >= 15 is 0 Å². The van der Waals surface area contributed by atoms with Gasteiger partial charge in [-0.25, -0.2) is 0 Å². The van der Waals surface area contributed by atoms with E-state index in [0.717, 1.165) is 0 Å². The molecule has 4 aliphatic carbocycles. The van der Waals surface area contributed by atoms with Gasteiger partial charge in [-0.15, -0.1) is 0 Å². The van der Waals surface area contributed by atoms with Crippen LogP contribution in [0.4, 0.5) is 0 Å². The first kappa shape index (κ1) is 71.4. The average molecular weight is 1460 g/mol. The van der Waals surface area contributed by atoms with Gasteiger partial charge < -0.3 is 0 Å². The summed E-state index contributed by atoms with van der Waals surface area (Å²) in [4.78, 5) is 0. The van der Waals surface area contributed by atoms with Crippen molar-refractivity contribution in [3.63, 3.8) is 0 Å². The monoisotopic (exact) mass is 1470 g/mol. The van der Waals surface area contributed by atoms with E-state index in [2.05, 4.69) is 138 Å². The third-order valence-electron chi connectivity index (χ3n) is 11.2. The molecule has 48 heavy (non-hydrogen) atoms. The molecule has 0 amide bonds. The Morgan fingerprint density at radius 1 is 0.125 bits per heavy atom. The molecule has 0 atom stereocenters. The SMILES string of the molecule is C[C]1[C](C)[C](C)[C](C)[C]1C.C[C]1[C](C)[C](C)[C](C)[C]1C.C[C]1[C](C)[C](C)[C](C)[C]1C.C[C]1[C](C)[C](C)[C](C)[C]1C.[Rh].[Rh].[Rh].[Rh].[Te].[Te].[Te].[Te]. The van der Waals surface area contributed by atoms with Crippen molar-refractivity contribution in [2.75, 3.05) is 0 Å². The van der Waals surface area contributed by atoms with Crippen LogP contribution in [0.15, 0.2) is 0 Å². The number of rotatable bonds is 0. The first-order valence-corrected chi connectivity index (χ1v) is 15.0. The van der Waals surface area contributed by atoms with Crippen LogP contribution >= 0.6 is 0 Å². The van der Waals surface area contributed by atoms with E-state index in [0.29, 0.717) is 0 Å². The van der Waals surface area contributed by atoms with Crippen molar-refractivity contribution >= 4 is 94.7 Å². The van der Waals surface area contributed by atoms with E-state index in [1.54, 1.807) is 0 Å². The molecule has 4 rings (SSSR count). The van der Waals surface area contributed by atoms with E-state index in [1.165, 1.54) is 118 Å². The fourth-order valence-corrected chi connectivity index (χ4v) is 5.62. The summed E-state index contributed by atoms with van der Waals surface area (Å²) in [6.07, 6.45) is 0. The summed E-state index contributed by atoms with van der Waals surface area (Å²) in [6, 6.07) is 0. The third-order valence-corrected chi connectivity index (χ3v) is 11.2. The second-order valence-corrected chi connectivity index (χ2v) is 12.5. The molecule has 8 heteroatoms. The molecule has 0 aliphatic heterocycles. The summed E-state index contributed by atoms with van der Waals surface area (Å²) >= 11 is 0. The minimum atomic E-state index is 0. The summed E-state index contributed by atoms with van der Waals surface area (Å²) in [5, 5.41) is 0. The molecule has 0 saturated heterocycles. The van der Waals surface area contributed by atoms with Gasteiger partial charge in [-0.2, -0.15) is 0 Å². The minimum absolute atomic E-state index is 0. The van der Waals surface area contributed by atoms with Crippen LogP contribution in [0, 0.1) is 118 Å². The van der Waals surface area contributed by atoms with Gasteiger partial charge in [0.15, 0.2) is 0 Å². The van der Waals surface area contributed by atoms with E-state index < -0.39 is 0 Å². The van der Waals surface area contributed by atoms with Crippen molar-refractivity contribution in [2.24, 2.45) is 0 Å². The molecule has 0 N–H and O–H groups in total. The third kappa shape index (κ3) is 18.1. The summed E-state index contributed by atoms with van der Waals surface area (Å²) in [7, 11) is 0. The predicted octanol–water partition coefficient (Wildman–Crippen LogP) is 10.4. The van der Waals surface area contributed by atoms with Crippen LogP contribution in [-0.4, -0.2) is 94.7 Å². The Balaban J connectivity index is -0.0000000702. The first-order valence-electron chi connectivity index (χ1n) is 15.0. The Morgan fingerprint density at radius 3 is 0.167 bits per heavy atom. The van der Waals surface area contributed by atoms with Gasteiger partial charge in [-0.1, -0.05) is 138 Å². The standard InChI is InChI=1S/4C10H15.4Rh.4Te/c4*1-6-7(2)9(4)10(5)8(6)3;;;;;;;;/h4*1-5H3;;;;;;;;. The molecule has 0 aromatic heterocycles. The summed E-state index contributed by atoms with van der Waals surface area (Å²) in [5.41, 5.74) is 0. The second kappa shape index (κ2) is 32.6. The molecule has 4 aliphatic rings. The van der Waals surface area contributed by atoms with Gasteiger partial charge in [0.25, 0.3) is 0 Å². The van der Waals surface area contributed by atoms with E-state index in [-0.39, 0.29) is 173 Å². The molecule has 4 saturated carbocycles. The topological polar surface area (TPSA) is 0 Å². The van der Waals surface area contributed by atoms with Gasteiger partial charge in [-0.05, 0) is 118 Å². The summed E-state index contributed by atoms with van der Waals surface area (Å²) in [6.45, 7) is 44.0. The van der Waals surface area contributed by atoms with Crippen LogP contribution in [0.1, 0.15) is 138 Å². The van der Waals surface area contributed by atoms with E-state index in [9.17, 15) is 0 Å². The van der Waals surface area contributed by atoms with E-state index in [1.807, 2.05) is 0 Å². The minimum Gasteiger partial charge on any atom is -0.0579 e. The molecule has 0 aromatic rings. The fraction of sp³-hybridized carbons (Fsp3) is 0.500. The molecule has 0 aromatic carbocycles. The molecule has 280 valence electrons.